The lowest BCUT2D eigenvalue weighted by Gasteiger charge is -2.06. The van der Waals surface area contributed by atoms with Gasteiger partial charge in [-0.2, -0.15) is 10.2 Å². The van der Waals surface area contributed by atoms with Gasteiger partial charge >= 0.3 is 0 Å². The van der Waals surface area contributed by atoms with E-state index in [0.29, 0.717) is 25.9 Å². The Balaban J connectivity index is 1.49. The van der Waals surface area contributed by atoms with Gasteiger partial charge in [0.05, 0.1) is 18.4 Å². The number of rotatable bonds is 6. The zero-order valence-corrected chi connectivity index (χ0v) is 13.8. The van der Waals surface area contributed by atoms with Gasteiger partial charge < -0.3 is 5.32 Å². The van der Waals surface area contributed by atoms with Gasteiger partial charge in [0, 0.05) is 20.0 Å². The third-order valence-electron chi connectivity index (χ3n) is 4.01. The molecule has 0 saturated carbocycles. The van der Waals surface area contributed by atoms with E-state index in [-0.39, 0.29) is 11.7 Å². The minimum absolute atomic E-state index is 0.0256. The molecular weight excluding hydrogens is 309 g/mol. The van der Waals surface area contributed by atoms with E-state index in [0.717, 1.165) is 22.3 Å². The molecule has 0 saturated heterocycles. The van der Waals surface area contributed by atoms with E-state index < -0.39 is 0 Å². The highest BCUT2D eigenvalue weighted by Gasteiger charge is 2.12. The number of amides is 1. The van der Waals surface area contributed by atoms with Crippen molar-refractivity contribution in [1.82, 2.24) is 24.9 Å². The molecule has 3 rings (SSSR count). The van der Waals surface area contributed by atoms with Crippen LogP contribution in [0.15, 0.2) is 30.5 Å². The van der Waals surface area contributed by atoms with Crippen molar-refractivity contribution in [2.45, 2.75) is 26.3 Å². The van der Waals surface area contributed by atoms with Gasteiger partial charge in [0.15, 0.2) is 0 Å². The number of fused-ring (bicyclic) bond motifs is 1. The standard InChI is InChI=1S/C17H20FN5O/c1-12-17-15(22(2)21-12)11-20-23(17)10-8-16(24)19-9-7-13-3-5-14(18)6-4-13/h3-6,11H,7-10H2,1-2H3,(H,19,24). The van der Waals surface area contributed by atoms with Crippen molar-refractivity contribution in [3.63, 3.8) is 0 Å². The minimum atomic E-state index is -0.251. The summed E-state index contributed by atoms with van der Waals surface area (Å²) in [6.07, 6.45) is 2.80. The minimum Gasteiger partial charge on any atom is -0.356 e. The summed E-state index contributed by atoms with van der Waals surface area (Å²) >= 11 is 0. The molecule has 2 heterocycles. The Bertz CT molecular complexity index is 850. The normalized spacial score (nSPS) is 11.1. The van der Waals surface area contributed by atoms with E-state index >= 15 is 0 Å². The topological polar surface area (TPSA) is 64.7 Å². The lowest BCUT2D eigenvalue weighted by Crippen LogP contribution is -2.26. The smallest absolute Gasteiger partial charge is 0.221 e. The molecule has 0 aliphatic carbocycles. The molecule has 3 aromatic rings. The number of aryl methyl sites for hydroxylation is 3. The quantitative estimate of drug-likeness (QED) is 0.752. The van der Waals surface area contributed by atoms with E-state index in [9.17, 15) is 9.18 Å². The first kappa shape index (κ1) is 16.2. The van der Waals surface area contributed by atoms with E-state index in [1.165, 1.54) is 12.1 Å². The van der Waals surface area contributed by atoms with Crippen LogP contribution in [0.5, 0.6) is 0 Å². The lowest BCUT2D eigenvalue weighted by molar-refractivity contribution is -0.121. The van der Waals surface area contributed by atoms with Crippen LogP contribution in [-0.4, -0.2) is 32.0 Å². The first-order chi connectivity index (χ1) is 11.5. The van der Waals surface area contributed by atoms with Gasteiger partial charge in [-0.3, -0.25) is 14.2 Å². The SMILES string of the molecule is Cc1nn(C)c2cnn(CCC(=O)NCCc3ccc(F)cc3)c12. The van der Waals surface area contributed by atoms with Crippen LogP contribution in [0.4, 0.5) is 4.39 Å². The molecular formula is C17H20FN5O. The molecule has 1 amide bonds. The molecule has 0 spiro atoms. The molecule has 0 aliphatic rings. The second kappa shape index (κ2) is 6.82. The van der Waals surface area contributed by atoms with Crippen molar-refractivity contribution >= 4 is 16.9 Å². The highest BCUT2D eigenvalue weighted by molar-refractivity contribution is 5.78. The second-order valence-corrected chi connectivity index (χ2v) is 5.79. The molecule has 1 N–H and O–H groups in total. The number of benzene rings is 1. The Morgan fingerprint density at radius 3 is 2.79 bits per heavy atom. The van der Waals surface area contributed by atoms with Gasteiger partial charge in [-0.1, -0.05) is 12.1 Å². The number of hydrogen-bond donors (Lipinski definition) is 1. The molecule has 0 bridgehead atoms. The molecule has 0 unspecified atom stereocenters. The zero-order valence-electron chi connectivity index (χ0n) is 13.8. The second-order valence-electron chi connectivity index (χ2n) is 5.79. The van der Waals surface area contributed by atoms with Crippen LogP contribution in [0.1, 0.15) is 17.7 Å². The summed E-state index contributed by atoms with van der Waals surface area (Å²) < 4.78 is 16.4. The maximum atomic E-state index is 12.8. The van der Waals surface area contributed by atoms with E-state index in [4.69, 9.17) is 0 Å². The monoisotopic (exact) mass is 329 g/mol. The predicted octanol–water partition coefficient (Wildman–Crippen LogP) is 1.97. The Labute approximate surface area is 139 Å². The number of aromatic nitrogens is 4. The Morgan fingerprint density at radius 2 is 2.04 bits per heavy atom. The fourth-order valence-electron chi connectivity index (χ4n) is 2.77. The fourth-order valence-corrected chi connectivity index (χ4v) is 2.77. The molecule has 0 atom stereocenters. The largest absolute Gasteiger partial charge is 0.356 e. The summed E-state index contributed by atoms with van der Waals surface area (Å²) in [5.41, 5.74) is 3.83. The van der Waals surface area contributed by atoms with Gasteiger partial charge in [0.2, 0.25) is 5.91 Å². The van der Waals surface area contributed by atoms with Gasteiger partial charge in [-0.25, -0.2) is 4.39 Å². The summed E-state index contributed by atoms with van der Waals surface area (Å²) in [6.45, 7) is 2.98. The molecule has 0 aliphatic heterocycles. The Kier molecular flexibility index (Phi) is 4.59. The highest BCUT2D eigenvalue weighted by Crippen LogP contribution is 2.16. The summed E-state index contributed by atoms with van der Waals surface area (Å²) in [7, 11) is 1.88. The van der Waals surface area contributed by atoms with Gasteiger partial charge in [-0.05, 0) is 31.0 Å². The number of carbonyl (C=O) groups is 1. The van der Waals surface area contributed by atoms with Crippen LogP contribution >= 0.6 is 0 Å². The van der Waals surface area contributed by atoms with Crippen LogP contribution in [0.25, 0.3) is 11.0 Å². The van der Waals surface area contributed by atoms with Crippen molar-refractivity contribution in [3.05, 3.63) is 47.5 Å². The number of nitrogens with one attached hydrogen (secondary N) is 1. The van der Waals surface area contributed by atoms with Gasteiger partial charge in [0.25, 0.3) is 0 Å². The number of hydrogen-bond acceptors (Lipinski definition) is 3. The molecule has 1 aromatic carbocycles. The summed E-state index contributed by atoms with van der Waals surface area (Å²) in [5, 5.41) is 11.6. The Hall–Kier alpha value is -2.70. The summed E-state index contributed by atoms with van der Waals surface area (Å²) in [6, 6.07) is 6.31. The average Bonchev–Trinajstić information content (AvgIpc) is 3.10. The van der Waals surface area contributed by atoms with E-state index in [1.807, 2.05) is 18.7 Å². The summed E-state index contributed by atoms with van der Waals surface area (Å²) in [5.74, 6) is -0.277. The molecule has 0 fully saturated rings. The Morgan fingerprint density at radius 1 is 1.29 bits per heavy atom. The van der Waals surface area contributed by atoms with Crippen molar-refractivity contribution in [3.8, 4) is 0 Å². The van der Waals surface area contributed by atoms with E-state index in [1.54, 1.807) is 23.0 Å². The third kappa shape index (κ3) is 3.45. The van der Waals surface area contributed by atoms with Crippen molar-refractivity contribution in [2.75, 3.05) is 6.54 Å². The van der Waals surface area contributed by atoms with Crippen LogP contribution < -0.4 is 5.32 Å². The zero-order chi connectivity index (χ0) is 17.1. The summed E-state index contributed by atoms with van der Waals surface area (Å²) in [4.78, 5) is 12.0. The molecule has 7 heteroatoms. The third-order valence-corrected chi connectivity index (χ3v) is 4.01. The van der Waals surface area contributed by atoms with Crippen LogP contribution in [0, 0.1) is 12.7 Å². The van der Waals surface area contributed by atoms with E-state index in [2.05, 4.69) is 15.5 Å². The first-order valence-corrected chi connectivity index (χ1v) is 7.91. The average molecular weight is 329 g/mol. The first-order valence-electron chi connectivity index (χ1n) is 7.91. The predicted molar refractivity (Wildman–Crippen MR) is 89.0 cm³/mol. The van der Waals surface area contributed by atoms with Gasteiger partial charge in [0.1, 0.15) is 16.9 Å². The molecule has 2 aromatic heterocycles. The van der Waals surface area contributed by atoms with Crippen LogP contribution in [0.3, 0.4) is 0 Å². The van der Waals surface area contributed by atoms with Crippen molar-refractivity contribution < 1.29 is 9.18 Å². The maximum absolute atomic E-state index is 12.8. The van der Waals surface area contributed by atoms with Gasteiger partial charge in [-0.15, -0.1) is 0 Å². The van der Waals surface area contributed by atoms with Crippen LogP contribution in [-0.2, 0) is 24.8 Å². The van der Waals surface area contributed by atoms with Crippen molar-refractivity contribution in [1.29, 1.82) is 0 Å². The maximum Gasteiger partial charge on any atom is 0.221 e. The molecule has 24 heavy (non-hydrogen) atoms. The number of halogens is 1. The fraction of sp³-hybridized carbons (Fsp3) is 0.353. The highest BCUT2D eigenvalue weighted by atomic mass is 19.1. The molecule has 6 nitrogen and oxygen atoms in total. The number of nitrogens with zero attached hydrogens (tertiary/aromatic N) is 4. The van der Waals surface area contributed by atoms with Crippen LogP contribution in [0.2, 0.25) is 0 Å². The number of carbonyl (C=O) groups excluding carboxylic acids is 1. The van der Waals surface area contributed by atoms with Crippen molar-refractivity contribution in [2.24, 2.45) is 7.05 Å². The molecule has 0 radical (unpaired) electrons. The lowest BCUT2D eigenvalue weighted by atomic mass is 10.1. The molecule has 126 valence electrons.